The molecule has 23 heavy (non-hydrogen) atoms. The van der Waals surface area contributed by atoms with Crippen LogP contribution in [0.2, 0.25) is 0 Å². The molecular weight excluding hydrogens is 296 g/mol. The average Bonchev–Trinajstić information content (AvgIpc) is 2.75. The van der Waals surface area contributed by atoms with E-state index in [4.69, 9.17) is 24.0 Å². The van der Waals surface area contributed by atoms with Gasteiger partial charge in [-0.25, -0.2) is 9.78 Å². The van der Waals surface area contributed by atoms with E-state index in [1.54, 1.807) is 0 Å². The van der Waals surface area contributed by atoms with Crippen LogP contribution in [0.5, 0.6) is 0 Å². The first-order valence-electron chi connectivity index (χ1n) is 9.18. The topological polar surface area (TPSA) is 46.2 Å². The summed E-state index contributed by atoms with van der Waals surface area (Å²) >= 11 is 0. The summed E-state index contributed by atoms with van der Waals surface area (Å²) < 4.78 is 18.5. The molecule has 0 radical (unpaired) electrons. The van der Waals surface area contributed by atoms with Gasteiger partial charge >= 0.3 is 0 Å². The van der Waals surface area contributed by atoms with Crippen LogP contribution in [0.3, 0.4) is 0 Å². The minimum atomic E-state index is -0.717. The van der Waals surface area contributed by atoms with Gasteiger partial charge in [-0.15, -0.1) is 0 Å². The molecule has 1 spiro atoms. The molecule has 1 unspecified atom stereocenters. The molecule has 4 saturated heterocycles. The van der Waals surface area contributed by atoms with E-state index in [0.717, 1.165) is 19.3 Å². The van der Waals surface area contributed by atoms with Gasteiger partial charge in [-0.05, 0) is 44.9 Å². The molecule has 5 fully saturated rings. The van der Waals surface area contributed by atoms with Crippen LogP contribution in [0.4, 0.5) is 0 Å². The molecular formula is C18H30O5. The van der Waals surface area contributed by atoms with Crippen molar-refractivity contribution in [3.8, 4) is 0 Å². The second-order valence-electron chi connectivity index (χ2n) is 8.37. The maximum absolute atomic E-state index is 6.32. The highest BCUT2D eigenvalue weighted by molar-refractivity contribution is 5.14. The van der Waals surface area contributed by atoms with Crippen LogP contribution in [0, 0.1) is 23.2 Å². The molecule has 5 nitrogen and oxygen atoms in total. The summed E-state index contributed by atoms with van der Waals surface area (Å²) in [5.41, 5.74) is -0.619. The first-order chi connectivity index (χ1) is 10.9. The van der Waals surface area contributed by atoms with Gasteiger partial charge in [0.2, 0.25) is 5.79 Å². The Kier molecular flexibility index (Phi) is 3.64. The second kappa shape index (κ2) is 5.15. The molecule has 1 saturated carbocycles. The van der Waals surface area contributed by atoms with Crippen molar-refractivity contribution in [1.29, 1.82) is 0 Å². The predicted molar refractivity (Wildman–Crippen MR) is 83.1 cm³/mol. The zero-order valence-corrected chi connectivity index (χ0v) is 15.0. The van der Waals surface area contributed by atoms with Crippen molar-refractivity contribution in [3.05, 3.63) is 0 Å². The maximum Gasteiger partial charge on any atom is 0.201 e. The van der Waals surface area contributed by atoms with E-state index >= 15 is 0 Å². The van der Waals surface area contributed by atoms with E-state index in [9.17, 15) is 0 Å². The number of hydrogen-bond acceptors (Lipinski definition) is 5. The van der Waals surface area contributed by atoms with Crippen molar-refractivity contribution in [2.45, 2.75) is 84.3 Å². The lowest BCUT2D eigenvalue weighted by atomic mass is 9.50. The normalized spacial score (nSPS) is 58.6. The Morgan fingerprint density at radius 1 is 1.09 bits per heavy atom. The largest absolute Gasteiger partial charge is 0.353 e. The Morgan fingerprint density at radius 2 is 1.87 bits per heavy atom. The molecule has 0 aromatic heterocycles. The van der Waals surface area contributed by atoms with E-state index in [-0.39, 0.29) is 17.6 Å². The van der Waals surface area contributed by atoms with Crippen LogP contribution in [0.15, 0.2) is 0 Å². The summed E-state index contributed by atoms with van der Waals surface area (Å²) in [6, 6.07) is 0. The van der Waals surface area contributed by atoms with Crippen molar-refractivity contribution in [2.24, 2.45) is 23.2 Å². The van der Waals surface area contributed by atoms with Gasteiger partial charge in [0.25, 0.3) is 0 Å². The van der Waals surface area contributed by atoms with Gasteiger partial charge < -0.3 is 14.2 Å². The van der Waals surface area contributed by atoms with Gasteiger partial charge in [0, 0.05) is 24.4 Å². The third-order valence-corrected chi connectivity index (χ3v) is 7.22. The predicted octanol–water partition coefficient (Wildman–Crippen LogP) is 3.62. The van der Waals surface area contributed by atoms with Gasteiger partial charge in [-0.1, -0.05) is 20.8 Å². The van der Waals surface area contributed by atoms with Crippen molar-refractivity contribution in [1.82, 2.24) is 0 Å². The molecule has 1 aliphatic carbocycles. The van der Waals surface area contributed by atoms with Crippen LogP contribution in [-0.2, 0) is 24.0 Å². The molecule has 0 N–H and O–H groups in total. The lowest BCUT2D eigenvalue weighted by Gasteiger charge is -2.65. The molecule has 5 aliphatic rings. The average molecular weight is 326 g/mol. The molecule has 5 heteroatoms. The quantitative estimate of drug-likeness (QED) is 0.725. The Balaban J connectivity index is 1.82. The zero-order chi connectivity index (χ0) is 16.5. The number of ether oxygens (including phenoxy) is 3. The van der Waals surface area contributed by atoms with E-state index < -0.39 is 17.7 Å². The van der Waals surface area contributed by atoms with Crippen molar-refractivity contribution >= 4 is 0 Å². The summed E-state index contributed by atoms with van der Waals surface area (Å²) in [4.78, 5) is 12.0. The van der Waals surface area contributed by atoms with Crippen LogP contribution < -0.4 is 0 Å². The van der Waals surface area contributed by atoms with Crippen LogP contribution >= 0.6 is 0 Å². The lowest BCUT2D eigenvalue weighted by Crippen LogP contribution is -2.74. The van der Waals surface area contributed by atoms with E-state index in [0.29, 0.717) is 18.4 Å². The second-order valence-corrected chi connectivity index (χ2v) is 8.37. The Hall–Kier alpha value is -0.200. The summed E-state index contributed by atoms with van der Waals surface area (Å²) in [6.45, 7) is 11.5. The summed E-state index contributed by atoms with van der Waals surface area (Å²) in [5.74, 6) is 0.479. The van der Waals surface area contributed by atoms with E-state index in [1.165, 1.54) is 6.42 Å². The minimum Gasteiger partial charge on any atom is -0.353 e. The summed E-state index contributed by atoms with van der Waals surface area (Å²) in [6.07, 6.45) is 3.51. The molecule has 4 aliphatic heterocycles. The van der Waals surface area contributed by atoms with Crippen molar-refractivity contribution < 1.29 is 24.0 Å². The molecule has 0 aromatic rings. The Morgan fingerprint density at radius 3 is 2.61 bits per heavy atom. The van der Waals surface area contributed by atoms with Gasteiger partial charge in [0.15, 0.2) is 18.2 Å². The third-order valence-electron chi connectivity index (χ3n) is 7.22. The van der Waals surface area contributed by atoms with Crippen molar-refractivity contribution in [3.63, 3.8) is 0 Å². The molecule has 5 rings (SSSR count). The van der Waals surface area contributed by atoms with Gasteiger partial charge in [0.05, 0.1) is 0 Å². The number of hydrogen-bond donors (Lipinski definition) is 0. The lowest BCUT2D eigenvalue weighted by molar-refractivity contribution is -0.587. The molecule has 2 bridgehead atoms. The highest BCUT2D eigenvalue weighted by Crippen LogP contribution is 2.66. The number of fused-ring (bicyclic) bond motifs is 2. The fourth-order valence-electron chi connectivity index (χ4n) is 5.52. The molecule has 132 valence electrons. The zero-order valence-electron chi connectivity index (χ0n) is 15.0. The fraction of sp³-hybridized carbons (Fsp3) is 1.00. The minimum absolute atomic E-state index is 0.0847. The van der Waals surface area contributed by atoms with Crippen LogP contribution in [0.1, 0.15) is 60.3 Å². The monoisotopic (exact) mass is 326 g/mol. The first kappa shape index (κ1) is 16.3. The van der Waals surface area contributed by atoms with Crippen LogP contribution in [-0.4, -0.2) is 30.6 Å². The molecule has 0 amide bonds. The van der Waals surface area contributed by atoms with Crippen molar-refractivity contribution in [2.75, 3.05) is 6.61 Å². The van der Waals surface area contributed by atoms with E-state index in [2.05, 4.69) is 20.8 Å². The molecule has 4 heterocycles. The van der Waals surface area contributed by atoms with Gasteiger partial charge in [0.1, 0.15) is 0 Å². The van der Waals surface area contributed by atoms with Crippen LogP contribution in [0.25, 0.3) is 0 Å². The summed E-state index contributed by atoms with van der Waals surface area (Å²) in [5, 5.41) is 0. The fourth-order valence-corrected chi connectivity index (χ4v) is 5.52. The highest BCUT2D eigenvalue weighted by Gasteiger charge is 2.74. The van der Waals surface area contributed by atoms with E-state index in [1.807, 2.05) is 13.8 Å². The Labute approximate surface area is 138 Å². The highest BCUT2D eigenvalue weighted by atomic mass is 17.3. The first-order valence-corrected chi connectivity index (χ1v) is 9.18. The molecule has 0 aromatic carbocycles. The summed E-state index contributed by atoms with van der Waals surface area (Å²) in [7, 11) is 0. The third kappa shape index (κ3) is 1.97. The Bertz CT molecular complexity index is 484. The molecule has 8 atom stereocenters. The number of rotatable bonds is 2. The van der Waals surface area contributed by atoms with Gasteiger partial charge in [-0.3, -0.25) is 0 Å². The smallest absolute Gasteiger partial charge is 0.201 e. The maximum atomic E-state index is 6.32. The standard InChI is InChI=1S/C18H30O5/c1-6-19-14-12(3)16(4)9-7-11(2)13-8-10-17(5)21-15(20-14)18(13,16)23-22-17/h11-15H,6-10H2,1-5H3/t11-,12+,13+,14+,15-,16+,17?,18+/m1/s1. The van der Waals surface area contributed by atoms with Gasteiger partial charge in [-0.2, -0.15) is 0 Å². The SMILES string of the molecule is CCO[C@H]1O[C@@H]2OC3(C)CC[C@H]4[C@H](C)CC[C@@](C)([C@H]1C)[C@@]24OO3.